The minimum atomic E-state index is -0.119. The van der Waals surface area contributed by atoms with Gasteiger partial charge in [0.2, 0.25) is 0 Å². The summed E-state index contributed by atoms with van der Waals surface area (Å²) in [6.07, 6.45) is 0. The molecular weight excluding hydrogens is 298 g/mol. The number of nitrogen functional groups attached to an aromatic ring is 1. The highest BCUT2D eigenvalue weighted by atomic mass is 16.1. The van der Waals surface area contributed by atoms with Gasteiger partial charge in [0.1, 0.15) is 0 Å². The van der Waals surface area contributed by atoms with E-state index in [1.807, 2.05) is 43.3 Å². The lowest BCUT2D eigenvalue weighted by molar-refractivity contribution is 0.102. The molecule has 24 heavy (non-hydrogen) atoms. The highest BCUT2D eigenvalue weighted by molar-refractivity contribution is 6.04. The Balaban J connectivity index is 2.07. The summed E-state index contributed by atoms with van der Waals surface area (Å²) in [6, 6.07) is 13.8. The quantitative estimate of drug-likeness (QED) is 0.787. The molecule has 0 radical (unpaired) electrons. The van der Waals surface area contributed by atoms with Crippen LogP contribution in [0.5, 0.6) is 0 Å². The highest BCUT2D eigenvalue weighted by Crippen LogP contribution is 2.19. The molecule has 4 nitrogen and oxygen atoms in total. The second kappa shape index (κ2) is 7.97. The Kier molecular flexibility index (Phi) is 5.99. The van der Waals surface area contributed by atoms with E-state index in [0.29, 0.717) is 17.3 Å². The summed E-state index contributed by atoms with van der Waals surface area (Å²) in [5, 5.41) is 2.93. The van der Waals surface area contributed by atoms with Gasteiger partial charge < -0.3 is 11.1 Å². The Hall–Kier alpha value is -2.33. The first kappa shape index (κ1) is 18.0. The first-order chi connectivity index (χ1) is 11.4. The van der Waals surface area contributed by atoms with Crippen LogP contribution >= 0.6 is 0 Å². The van der Waals surface area contributed by atoms with Crippen LogP contribution in [-0.4, -0.2) is 23.4 Å². The molecule has 0 heterocycles. The van der Waals surface area contributed by atoms with Crippen LogP contribution in [0.15, 0.2) is 42.5 Å². The molecule has 0 fully saturated rings. The number of benzene rings is 2. The fourth-order valence-corrected chi connectivity index (χ4v) is 2.62. The summed E-state index contributed by atoms with van der Waals surface area (Å²) in [5.41, 5.74) is 10.0. The van der Waals surface area contributed by atoms with Crippen LogP contribution < -0.4 is 11.1 Å². The molecule has 0 atom stereocenters. The molecule has 0 aliphatic rings. The van der Waals surface area contributed by atoms with Crippen LogP contribution in [0.4, 0.5) is 11.4 Å². The van der Waals surface area contributed by atoms with E-state index in [9.17, 15) is 4.79 Å². The second-order valence-corrected chi connectivity index (χ2v) is 6.38. The molecule has 0 bridgehead atoms. The van der Waals surface area contributed by atoms with Crippen LogP contribution in [0, 0.1) is 6.92 Å². The van der Waals surface area contributed by atoms with Gasteiger partial charge >= 0.3 is 0 Å². The molecule has 128 valence electrons. The number of nitrogens with zero attached hydrogens (tertiary/aromatic N) is 1. The van der Waals surface area contributed by atoms with Crippen molar-refractivity contribution in [2.24, 2.45) is 0 Å². The Morgan fingerprint density at radius 1 is 1.17 bits per heavy atom. The number of rotatable bonds is 6. The van der Waals surface area contributed by atoms with E-state index in [1.165, 1.54) is 5.56 Å². The van der Waals surface area contributed by atoms with Crippen LogP contribution in [0.3, 0.4) is 0 Å². The first-order valence-corrected chi connectivity index (χ1v) is 8.41. The van der Waals surface area contributed by atoms with Crippen molar-refractivity contribution in [3.05, 3.63) is 59.2 Å². The van der Waals surface area contributed by atoms with Gasteiger partial charge in [0.25, 0.3) is 5.91 Å². The average molecular weight is 325 g/mol. The minimum Gasteiger partial charge on any atom is -0.399 e. The highest BCUT2D eigenvalue weighted by Gasteiger charge is 2.10. The number of nitrogens with two attached hydrogens (primary N) is 1. The van der Waals surface area contributed by atoms with Crippen molar-refractivity contribution in [3.63, 3.8) is 0 Å². The molecular formula is C20H27N3O. The number of hydrogen-bond donors (Lipinski definition) is 2. The van der Waals surface area contributed by atoms with Gasteiger partial charge in [-0.1, -0.05) is 25.1 Å². The summed E-state index contributed by atoms with van der Waals surface area (Å²) in [7, 11) is 0. The van der Waals surface area contributed by atoms with E-state index < -0.39 is 0 Å². The van der Waals surface area contributed by atoms with Gasteiger partial charge in [-0.3, -0.25) is 9.69 Å². The standard InChI is InChI=1S/C20H27N3O/c1-5-23(14(2)3)13-16-7-9-17(10-8-16)20(24)22-19-12-18(21)11-6-15(19)4/h6-12,14H,5,13,21H2,1-4H3,(H,22,24). The molecule has 0 unspecified atom stereocenters. The smallest absolute Gasteiger partial charge is 0.255 e. The maximum absolute atomic E-state index is 12.4. The number of nitrogens with one attached hydrogen (secondary N) is 1. The number of aryl methyl sites for hydroxylation is 1. The predicted octanol–water partition coefficient (Wildman–Crippen LogP) is 4.06. The minimum absolute atomic E-state index is 0.119. The topological polar surface area (TPSA) is 58.4 Å². The molecule has 0 saturated heterocycles. The molecule has 0 aliphatic carbocycles. The van der Waals surface area contributed by atoms with Gasteiger partial charge in [-0.25, -0.2) is 0 Å². The van der Waals surface area contributed by atoms with Gasteiger partial charge in [-0.05, 0) is 62.7 Å². The van der Waals surface area contributed by atoms with Crippen molar-refractivity contribution in [2.45, 2.75) is 40.3 Å². The van der Waals surface area contributed by atoms with E-state index in [2.05, 4.69) is 31.0 Å². The van der Waals surface area contributed by atoms with Crippen molar-refractivity contribution < 1.29 is 4.79 Å². The maximum atomic E-state index is 12.4. The van der Waals surface area contributed by atoms with E-state index in [1.54, 1.807) is 6.07 Å². The zero-order chi connectivity index (χ0) is 17.7. The number of carbonyl (C=O) groups is 1. The molecule has 0 aromatic heterocycles. The molecule has 3 N–H and O–H groups in total. The van der Waals surface area contributed by atoms with Crippen LogP contribution in [0.2, 0.25) is 0 Å². The van der Waals surface area contributed by atoms with Gasteiger partial charge in [0.15, 0.2) is 0 Å². The number of amides is 1. The normalized spacial score (nSPS) is 11.1. The Labute approximate surface area is 144 Å². The molecule has 4 heteroatoms. The summed E-state index contributed by atoms with van der Waals surface area (Å²) in [6.45, 7) is 10.4. The second-order valence-electron chi connectivity index (χ2n) is 6.38. The summed E-state index contributed by atoms with van der Waals surface area (Å²) in [4.78, 5) is 14.8. The van der Waals surface area contributed by atoms with Crippen molar-refractivity contribution in [2.75, 3.05) is 17.6 Å². The van der Waals surface area contributed by atoms with Gasteiger partial charge in [-0.2, -0.15) is 0 Å². The van der Waals surface area contributed by atoms with Crippen molar-refractivity contribution in [1.82, 2.24) is 4.90 Å². The lowest BCUT2D eigenvalue weighted by Gasteiger charge is -2.24. The maximum Gasteiger partial charge on any atom is 0.255 e. The molecule has 2 aromatic carbocycles. The van der Waals surface area contributed by atoms with Crippen LogP contribution in [-0.2, 0) is 6.54 Å². The zero-order valence-electron chi connectivity index (χ0n) is 15.0. The van der Waals surface area contributed by atoms with E-state index in [0.717, 1.165) is 24.3 Å². The first-order valence-electron chi connectivity index (χ1n) is 8.41. The Bertz CT molecular complexity index is 693. The van der Waals surface area contributed by atoms with Crippen molar-refractivity contribution in [3.8, 4) is 0 Å². The third kappa shape index (κ3) is 4.59. The molecule has 2 rings (SSSR count). The lowest BCUT2D eigenvalue weighted by atomic mass is 10.1. The lowest BCUT2D eigenvalue weighted by Crippen LogP contribution is -2.29. The third-order valence-corrected chi connectivity index (χ3v) is 4.25. The van der Waals surface area contributed by atoms with Crippen LogP contribution in [0.1, 0.15) is 42.3 Å². The van der Waals surface area contributed by atoms with Crippen molar-refractivity contribution in [1.29, 1.82) is 0 Å². The molecule has 0 saturated carbocycles. The Morgan fingerprint density at radius 2 is 1.83 bits per heavy atom. The van der Waals surface area contributed by atoms with Crippen molar-refractivity contribution >= 4 is 17.3 Å². The Morgan fingerprint density at radius 3 is 2.42 bits per heavy atom. The molecule has 0 aliphatic heterocycles. The van der Waals surface area contributed by atoms with E-state index >= 15 is 0 Å². The van der Waals surface area contributed by atoms with Gasteiger partial charge in [-0.15, -0.1) is 0 Å². The fourth-order valence-electron chi connectivity index (χ4n) is 2.62. The van der Waals surface area contributed by atoms with Crippen LogP contribution in [0.25, 0.3) is 0 Å². The van der Waals surface area contributed by atoms with E-state index in [-0.39, 0.29) is 5.91 Å². The SMILES string of the molecule is CCN(Cc1ccc(C(=O)Nc2cc(N)ccc2C)cc1)C(C)C. The van der Waals surface area contributed by atoms with E-state index in [4.69, 9.17) is 5.73 Å². The summed E-state index contributed by atoms with van der Waals surface area (Å²) in [5.74, 6) is -0.119. The number of hydrogen-bond acceptors (Lipinski definition) is 3. The number of anilines is 2. The molecule has 1 amide bonds. The summed E-state index contributed by atoms with van der Waals surface area (Å²) < 4.78 is 0. The fraction of sp³-hybridized carbons (Fsp3) is 0.350. The predicted molar refractivity (Wildman–Crippen MR) is 101 cm³/mol. The van der Waals surface area contributed by atoms with Gasteiger partial charge in [0.05, 0.1) is 0 Å². The molecule has 2 aromatic rings. The summed E-state index contributed by atoms with van der Waals surface area (Å²) >= 11 is 0. The van der Waals surface area contributed by atoms with Gasteiger partial charge in [0, 0.05) is 29.5 Å². The monoisotopic (exact) mass is 325 g/mol. The zero-order valence-corrected chi connectivity index (χ0v) is 15.0. The molecule has 0 spiro atoms. The average Bonchev–Trinajstić information content (AvgIpc) is 2.56. The largest absolute Gasteiger partial charge is 0.399 e. The third-order valence-electron chi connectivity index (χ3n) is 4.25. The number of carbonyl (C=O) groups excluding carboxylic acids is 1.